The maximum atomic E-state index is 13.1. The highest BCUT2D eigenvalue weighted by Gasteiger charge is 2.27. The summed E-state index contributed by atoms with van der Waals surface area (Å²) in [6, 6.07) is 18.2. The molecule has 0 aliphatic carbocycles. The first-order valence-corrected chi connectivity index (χ1v) is 9.90. The lowest BCUT2D eigenvalue weighted by Gasteiger charge is -2.28. The minimum atomic E-state index is -0.120. The smallest absolute Gasteiger partial charge is 0.266 e. The molecule has 0 unspecified atom stereocenters. The van der Waals surface area contributed by atoms with Crippen molar-refractivity contribution in [2.75, 3.05) is 17.6 Å². The number of nitrogens with two attached hydrogens (primary N) is 1. The molecule has 140 valence electrons. The average Bonchev–Trinajstić information content (AvgIpc) is 3.03. The van der Waals surface area contributed by atoms with E-state index in [4.69, 9.17) is 5.73 Å². The highest BCUT2D eigenvalue weighted by atomic mass is 32.1. The predicted octanol–water partition coefficient (Wildman–Crippen LogP) is 4.45. The standard InChI is InChI=1S/C22H20N4OS/c1-14-6-8-17(9-7-14)25-21-18(12-23)19(24)20(28-21)22(27)26-11-10-15-4-2-3-5-16(15)13-26/h2-9,25H,10-11,13,24H2,1H3. The summed E-state index contributed by atoms with van der Waals surface area (Å²) in [5.41, 5.74) is 11.2. The van der Waals surface area contributed by atoms with Gasteiger partial charge in [0.1, 0.15) is 21.5 Å². The molecule has 5 nitrogen and oxygen atoms in total. The highest BCUT2D eigenvalue weighted by molar-refractivity contribution is 7.19. The van der Waals surface area contributed by atoms with E-state index in [0.29, 0.717) is 28.5 Å². The summed E-state index contributed by atoms with van der Waals surface area (Å²) in [4.78, 5) is 15.4. The molecule has 0 atom stereocenters. The number of hydrogen-bond acceptors (Lipinski definition) is 5. The van der Waals surface area contributed by atoms with Crippen LogP contribution in [0, 0.1) is 18.3 Å². The second-order valence-corrected chi connectivity index (χ2v) is 7.92. The van der Waals surface area contributed by atoms with Crippen LogP contribution >= 0.6 is 11.3 Å². The van der Waals surface area contributed by atoms with Gasteiger partial charge in [-0.1, -0.05) is 42.0 Å². The number of nitrogen functional groups attached to an aromatic ring is 1. The Hall–Kier alpha value is -3.30. The van der Waals surface area contributed by atoms with Crippen LogP contribution in [0.5, 0.6) is 0 Å². The van der Waals surface area contributed by atoms with Crippen LogP contribution in [-0.2, 0) is 13.0 Å². The maximum Gasteiger partial charge on any atom is 0.266 e. The van der Waals surface area contributed by atoms with Crippen molar-refractivity contribution in [2.24, 2.45) is 0 Å². The molecule has 0 fully saturated rings. The molecular formula is C22H20N4OS. The SMILES string of the molecule is Cc1ccc(Nc2sc(C(=O)N3CCc4ccccc4C3)c(N)c2C#N)cc1. The van der Waals surface area contributed by atoms with Crippen LogP contribution in [0.15, 0.2) is 48.5 Å². The van der Waals surface area contributed by atoms with E-state index in [1.54, 1.807) is 4.90 Å². The molecule has 1 aliphatic heterocycles. The van der Waals surface area contributed by atoms with Gasteiger partial charge < -0.3 is 16.0 Å². The monoisotopic (exact) mass is 388 g/mol. The molecular weight excluding hydrogens is 368 g/mol. The Labute approximate surface area is 168 Å². The van der Waals surface area contributed by atoms with Gasteiger partial charge in [-0.25, -0.2) is 0 Å². The molecule has 28 heavy (non-hydrogen) atoms. The van der Waals surface area contributed by atoms with E-state index < -0.39 is 0 Å². The minimum Gasteiger partial charge on any atom is -0.396 e. The van der Waals surface area contributed by atoms with Gasteiger partial charge in [0.15, 0.2) is 0 Å². The van der Waals surface area contributed by atoms with E-state index in [-0.39, 0.29) is 11.6 Å². The molecule has 3 aromatic rings. The van der Waals surface area contributed by atoms with Crippen LogP contribution in [0.2, 0.25) is 0 Å². The molecule has 0 saturated carbocycles. The number of amides is 1. The van der Waals surface area contributed by atoms with E-state index in [1.165, 1.54) is 16.9 Å². The fourth-order valence-corrected chi connectivity index (χ4v) is 4.44. The number of fused-ring (bicyclic) bond motifs is 1. The summed E-state index contributed by atoms with van der Waals surface area (Å²) in [5.74, 6) is -0.120. The summed E-state index contributed by atoms with van der Waals surface area (Å²) in [5, 5.41) is 13.4. The second-order valence-electron chi connectivity index (χ2n) is 6.90. The summed E-state index contributed by atoms with van der Waals surface area (Å²) >= 11 is 1.24. The maximum absolute atomic E-state index is 13.1. The number of nitrogens with one attached hydrogen (secondary N) is 1. The summed E-state index contributed by atoms with van der Waals surface area (Å²) < 4.78 is 0. The lowest BCUT2D eigenvalue weighted by Crippen LogP contribution is -2.35. The van der Waals surface area contributed by atoms with Crippen LogP contribution in [0.25, 0.3) is 0 Å². The van der Waals surface area contributed by atoms with E-state index in [0.717, 1.165) is 23.2 Å². The molecule has 2 aromatic carbocycles. The van der Waals surface area contributed by atoms with Crippen molar-refractivity contribution < 1.29 is 4.79 Å². The first kappa shape index (κ1) is 18.1. The quantitative estimate of drug-likeness (QED) is 0.694. The Morgan fingerprint density at radius 3 is 2.61 bits per heavy atom. The van der Waals surface area contributed by atoms with E-state index in [1.807, 2.05) is 43.3 Å². The number of hydrogen-bond donors (Lipinski definition) is 2. The van der Waals surface area contributed by atoms with Crippen molar-refractivity contribution in [3.8, 4) is 6.07 Å². The van der Waals surface area contributed by atoms with Crippen molar-refractivity contribution in [1.82, 2.24) is 4.90 Å². The van der Waals surface area contributed by atoms with Crippen molar-refractivity contribution in [1.29, 1.82) is 5.26 Å². The third kappa shape index (κ3) is 3.32. The van der Waals surface area contributed by atoms with Gasteiger partial charge in [0.25, 0.3) is 5.91 Å². The Bertz CT molecular complexity index is 1080. The van der Waals surface area contributed by atoms with Gasteiger partial charge in [0.2, 0.25) is 0 Å². The Morgan fingerprint density at radius 1 is 1.18 bits per heavy atom. The number of anilines is 3. The summed E-state index contributed by atoms with van der Waals surface area (Å²) in [6.45, 7) is 3.23. The van der Waals surface area contributed by atoms with Crippen molar-refractivity contribution >= 4 is 33.6 Å². The molecule has 6 heteroatoms. The molecule has 1 aliphatic rings. The van der Waals surface area contributed by atoms with Crippen molar-refractivity contribution in [2.45, 2.75) is 19.9 Å². The van der Waals surface area contributed by atoms with Crippen LogP contribution in [0.1, 0.15) is 31.9 Å². The first-order valence-electron chi connectivity index (χ1n) is 9.09. The summed E-state index contributed by atoms with van der Waals surface area (Å²) in [6.07, 6.45) is 0.826. The largest absolute Gasteiger partial charge is 0.396 e. The van der Waals surface area contributed by atoms with Gasteiger partial charge in [0.05, 0.1) is 5.69 Å². The zero-order valence-electron chi connectivity index (χ0n) is 15.5. The number of benzene rings is 2. The number of rotatable bonds is 3. The fourth-order valence-electron chi connectivity index (χ4n) is 3.38. The third-order valence-electron chi connectivity index (χ3n) is 4.98. The molecule has 2 heterocycles. The fraction of sp³-hybridized carbons (Fsp3) is 0.182. The normalized spacial score (nSPS) is 12.9. The van der Waals surface area contributed by atoms with Gasteiger partial charge in [-0.05, 0) is 36.6 Å². The molecule has 1 amide bonds. The van der Waals surface area contributed by atoms with Crippen LogP contribution in [0.3, 0.4) is 0 Å². The predicted molar refractivity (Wildman–Crippen MR) is 113 cm³/mol. The molecule has 1 aromatic heterocycles. The van der Waals surface area contributed by atoms with Crippen LogP contribution in [-0.4, -0.2) is 17.4 Å². The first-order chi connectivity index (χ1) is 13.6. The zero-order chi connectivity index (χ0) is 19.7. The zero-order valence-corrected chi connectivity index (χ0v) is 16.3. The van der Waals surface area contributed by atoms with Crippen molar-refractivity contribution in [3.05, 3.63) is 75.7 Å². The number of carbonyl (C=O) groups excluding carboxylic acids is 1. The van der Waals surface area contributed by atoms with Crippen molar-refractivity contribution in [3.63, 3.8) is 0 Å². The van der Waals surface area contributed by atoms with E-state index >= 15 is 0 Å². The molecule has 0 bridgehead atoms. The number of carbonyl (C=O) groups is 1. The summed E-state index contributed by atoms with van der Waals surface area (Å²) in [7, 11) is 0. The number of nitriles is 1. The molecule has 4 rings (SSSR count). The number of thiophene rings is 1. The van der Waals surface area contributed by atoms with Crippen LogP contribution < -0.4 is 11.1 Å². The topological polar surface area (TPSA) is 82.2 Å². The van der Waals surface area contributed by atoms with E-state index in [9.17, 15) is 10.1 Å². The Morgan fingerprint density at radius 2 is 1.89 bits per heavy atom. The minimum absolute atomic E-state index is 0.120. The highest BCUT2D eigenvalue weighted by Crippen LogP contribution is 2.38. The molecule has 3 N–H and O–H groups in total. The van der Waals surface area contributed by atoms with E-state index in [2.05, 4.69) is 23.5 Å². The van der Waals surface area contributed by atoms with Gasteiger partial charge in [-0.2, -0.15) is 5.26 Å². The van der Waals surface area contributed by atoms with Gasteiger partial charge >= 0.3 is 0 Å². The number of aryl methyl sites for hydroxylation is 1. The Kier molecular flexibility index (Phi) is 4.76. The third-order valence-corrected chi connectivity index (χ3v) is 6.09. The molecule has 0 spiro atoms. The lowest BCUT2D eigenvalue weighted by molar-refractivity contribution is 0.0740. The lowest BCUT2D eigenvalue weighted by atomic mass is 10.00. The molecule has 0 radical (unpaired) electrons. The Balaban J connectivity index is 1.61. The van der Waals surface area contributed by atoms with Gasteiger partial charge in [-0.15, -0.1) is 11.3 Å². The van der Waals surface area contributed by atoms with Gasteiger partial charge in [0, 0.05) is 18.8 Å². The average molecular weight is 388 g/mol. The van der Waals surface area contributed by atoms with Gasteiger partial charge in [-0.3, -0.25) is 4.79 Å². The van der Waals surface area contributed by atoms with Crippen LogP contribution in [0.4, 0.5) is 16.4 Å². The second kappa shape index (κ2) is 7.37. The number of nitrogens with zero attached hydrogens (tertiary/aromatic N) is 2. The molecule has 0 saturated heterocycles.